The van der Waals surface area contributed by atoms with Gasteiger partial charge >= 0.3 is 6.18 Å². The molecule has 1 amide bonds. The van der Waals surface area contributed by atoms with E-state index in [1.807, 2.05) is 6.92 Å². The van der Waals surface area contributed by atoms with Crippen LogP contribution in [0.5, 0.6) is 0 Å². The van der Waals surface area contributed by atoms with Gasteiger partial charge in [-0.15, -0.1) is 0 Å². The Bertz CT molecular complexity index is 484. The van der Waals surface area contributed by atoms with Crippen molar-refractivity contribution in [3.05, 3.63) is 35.4 Å². The molecule has 0 saturated heterocycles. The Hall–Kier alpha value is -1.52. The molecule has 0 aromatic heterocycles. The first-order valence-corrected chi connectivity index (χ1v) is 6.85. The van der Waals surface area contributed by atoms with Crippen LogP contribution in [-0.4, -0.2) is 12.5 Å². The molecule has 0 spiro atoms. The molecule has 1 fully saturated rings. The van der Waals surface area contributed by atoms with Gasteiger partial charge in [-0.05, 0) is 36.3 Å². The van der Waals surface area contributed by atoms with E-state index in [2.05, 4.69) is 5.32 Å². The molecule has 2 atom stereocenters. The average molecular weight is 285 g/mol. The normalized spacial score (nSPS) is 21.6. The monoisotopic (exact) mass is 285 g/mol. The summed E-state index contributed by atoms with van der Waals surface area (Å²) in [6, 6.07) is 5.49. The van der Waals surface area contributed by atoms with Gasteiger partial charge in [-0.25, -0.2) is 0 Å². The lowest BCUT2D eigenvalue weighted by Crippen LogP contribution is -2.25. The van der Waals surface area contributed by atoms with E-state index in [9.17, 15) is 18.0 Å². The van der Waals surface area contributed by atoms with Gasteiger partial charge in [-0.1, -0.05) is 25.1 Å². The van der Waals surface area contributed by atoms with Gasteiger partial charge < -0.3 is 5.32 Å². The van der Waals surface area contributed by atoms with E-state index in [1.54, 1.807) is 6.07 Å². The van der Waals surface area contributed by atoms with Crippen LogP contribution >= 0.6 is 0 Å². The van der Waals surface area contributed by atoms with Gasteiger partial charge in [0, 0.05) is 13.0 Å². The van der Waals surface area contributed by atoms with Crippen LogP contribution in [0.25, 0.3) is 0 Å². The third kappa shape index (κ3) is 3.74. The highest BCUT2D eigenvalue weighted by molar-refractivity contribution is 5.75. The highest BCUT2D eigenvalue weighted by atomic mass is 19.4. The van der Waals surface area contributed by atoms with Crippen molar-refractivity contribution in [2.24, 2.45) is 5.92 Å². The zero-order chi connectivity index (χ0) is 14.8. The summed E-state index contributed by atoms with van der Waals surface area (Å²) in [5.41, 5.74) is 0.116. The van der Waals surface area contributed by atoms with Crippen molar-refractivity contribution in [1.29, 1.82) is 0 Å². The third-order valence-electron chi connectivity index (χ3n) is 3.60. The Kier molecular flexibility index (Phi) is 4.35. The van der Waals surface area contributed by atoms with Gasteiger partial charge in [0.1, 0.15) is 0 Å². The third-order valence-corrected chi connectivity index (χ3v) is 3.60. The number of halogens is 3. The lowest BCUT2D eigenvalue weighted by atomic mass is 10.1. The maximum Gasteiger partial charge on any atom is 0.416 e. The lowest BCUT2D eigenvalue weighted by Gasteiger charge is -2.09. The summed E-state index contributed by atoms with van der Waals surface area (Å²) in [5, 5.41) is 2.83. The molecular weight excluding hydrogens is 267 g/mol. The summed E-state index contributed by atoms with van der Waals surface area (Å²) in [4.78, 5) is 11.3. The van der Waals surface area contributed by atoms with Crippen LogP contribution in [0.4, 0.5) is 13.2 Å². The maximum atomic E-state index is 12.6. The highest BCUT2D eigenvalue weighted by Gasteiger charge is 2.39. The Morgan fingerprint density at radius 3 is 2.80 bits per heavy atom. The van der Waals surface area contributed by atoms with Crippen molar-refractivity contribution in [1.82, 2.24) is 5.32 Å². The minimum Gasteiger partial charge on any atom is -0.356 e. The number of hydrogen-bond donors (Lipinski definition) is 1. The van der Waals surface area contributed by atoms with Crippen molar-refractivity contribution in [3.8, 4) is 0 Å². The zero-order valence-electron chi connectivity index (χ0n) is 11.3. The van der Waals surface area contributed by atoms with Crippen LogP contribution < -0.4 is 5.32 Å². The minimum absolute atomic E-state index is 0.0159. The van der Waals surface area contributed by atoms with E-state index in [0.717, 1.165) is 24.5 Å². The van der Waals surface area contributed by atoms with E-state index in [4.69, 9.17) is 0 Å². The fourth-order valence-electron chi connectivity index (χ4n) is 2.39. The fraction of sp³-hybridized carbons (Fsp3) is 0.533. The number of rotatable bonds is 5. The summed E-state index contributed by atoms with van der Waals surface area (Å²) in [7, 11) is 0. The molecule has 1 aliphatic rings. The lowest BCUT2D eigenvalue weighted by molar-refractivity contribution is -0.137. The topological polar surface area (TPSA) is 29.1 Å². The number of carbonyl (C=O) groups excluding carboxylic acids is 1. The van der Waals surface area contributed by atoms with E-state index < -0.39 is 11.7 Å². The predicted octanol–water partition coefficient (Wildman–Crippen LogP) is 3.73. The Morgan fingerprint density at radius 2 is 2.15 bits per heavy atom. The molecule has 5 heteroatoms. The Morgan fingerprint density at radius 1 is 1.40 bits per heavy atom. The quantitative estimate of drug-likeness (QED) is 0.877. The predicted molar refractivity (Wildman–Crippen MR) is 70.2 cm³/mol. The second-order valence-electron chi connectivity index (χ2n) is 5.28. The number of alkyl halides is 3. The number of amides is 1. The zero-order valence-corrected chi connectivity index (χ0v) is 11.3. The molecule has 0 radical (unpaired) electrons. The molecule has 1 aromatic rings. The summed E-state index contributed by atoms with van der Waals surface area (Å²) in [6.07, 6.45) is -2.15. The number of benzene rings is 1. The van der Waals surface area contributed by atoms with Crippen molar-refractivity contribution >= 4 is 5.91 Å². The Labute approximate surface area is 116 Å². The molecule has 1 saturated carbocycles. The van der Waals surface area contributed by atoms with E-state index in [1.165, 1.54) is 12.1 Å². The van der Waals surface area contributed by atoms with Crippen molar-refractivity contribution in [3.63, 3.8) is 0 Å². The van der Waals surface area contributed by atoms with Crippen molar-refractivity contribution in [2.45, 2.75) is 38.3 Å². The number of nitrogens with one attached hydrogen (secondary N) is 1. The molecule has 2 nitrogen and oxygen atoms in total. The van der Waals surface area contributed by atoms with Crippen LogP contribution in [0.15, 0.2) is 24.3 Å². The smallest absolute Gasteiger partial charge is 0.356 e. The molecule has 2 rings (SSSR count). The maximum absolute atomic E-state index is 12.6. The SMILES string of the molecule is CCCC(=O)NCC1CC1c1cccc(C(F)(F)F)c1. The average Bonchev–Trinajstić information content (AvgIpc) is 3.15. The first-order valence-electron chi connectivity index (χ1n) is 6.85. The highest BCUT2D eigenvalue weighted by Crippen LogP contribution is 2.47. The van der Waals surface area contributed by atoms with E-state index >= 15 is 0 Å². The van der Waals surface area contributed by atoms with Crippen molar-refractivity contribution < 1.29 is 18.0 Å². The van der Waals surface area contributed by atoms with Gasteiger partial charge in [0.2, 0.25) is 5.91 Å². The standard InChI is InChI=1S/C15H18F3NO/c1-2-4-14(20)19-9-11-8-13(11)10-5-3-6-12(7-10)15(16,17)18/h3,5-7,11,13H,2,4,8-9H2,1H3,(H,19,20). The molecule has 110 valence electrons. The number of carbonyl (C=O) groups is 1. The second kappa shape index (κ2) is 5.85. The van der Waals surface area contributed by atoms with Gasteiger partial charge in [0.05, 0.1) is 5.56 Å². The summed E-state index contributed by atoms with van der Waals surface area (Å²) < 4.78 is 37.9. The molecule has 0 bridgehead atoms. The molecule has 0 heterocycles. The Balaban J connectivity index is 1.90. The summed E-state index contributed by atoms with van der Waals surface area (Å²) >= 11 is 0. The molecule has 1 aromatic carbocycles. The first kappa shape index (κ1) is 14.9. The van der Waals surface area contributed by atoms with Crippen LogP contribution in [0.3, 0.4) is 0 Å². The van der Waals surface area contributed by atoms with E-state index in [0.29, 0.717) is 13.0 Å². The van der Waals surface area contributed by atoms with Crippen LogP contribution in [0.2, 0.25) is 0 Å². The molecule has 0 aliphatic heterocycles. The van der Waals surface area contributed by atoms with Crippen LogP contribution in [0.1, 0.15) is 43.2 Å². The van der Waals surface area contributed by atoms with Gasteiger partial charge in [0.15, 0.2) is 0 Å². The van der Waals surface area contributed by atoms with Gasteiger partial charge in [-0.3, -0.25) is 4.79 Å². The van der Waals surface area contributed by atoms with Crippen LogP contribution in [-0.2, 0) is 11.0 Å². The van der Waals surface area contributed by atoms with Gasteiger partial charge in [-0.2, -0.15) is 13.2 Å². The summed E-state index contributed by atoms with van der Waals surface area (Å²) in [5.74, 6) is 0.417. The number of hydrogen-bond acceptors (Lipinski definition) is 1. The molecule has 1 aliphatic carbocycles. The second-order valence-corrected chi connectivity index (χ2v) is 5.28. The largest absolute Gasteiger partial charge is 0.416 e. The molecule has 20 heavy (non-hydrogen) atoms. The molecule has 1 N–H and O–H groups in total. The minimum atomic E-state index is -4.30. The fourth-order valence-corrected chi connectivity index (χ4v) is 2.39. The summed E-state index contributed by atoms with van der Waals surface area (Å²) in [6.45, 7) is 2.49. The van der Waals surface area contributed by atoms with Crippen LogP contribution in [0, 0.1) is 5.92 Å². The van der Waals surface area contributed by atoms with Gasteiger partial charge in [0.25, 0.3) is 0 Å². The molecule has 2 unspecified atom stereocenters. The van der Waals surface area contributed by atoms with E-state index in [-0.39, 0.29) is 17.7 Å². The first-order chi connectivity index (χ1) is 9.41. The molecular formula is C15H18F3NO. The van der Waals surface area contributed by atoms with Crippen molar-refractivity contribution in [2.75, 3.05) is 6.54 Å².